The minimum absolute atomic E-state index is 0.0141. The molecule has 0 saturated carbocycles. The minimum atomic E-state index is -0.0141. The Morgan fingerprint density at radius 1 is 1.56 bits per heavy atom. The zero-order valence-corrected chi connectivity index (χ0v) is 10.7. The molecule has 0 aromatic carbocycles. The number of amides is 1. The van der Waals surface area contributed by atoms with Gasteiger partial charge in [-0.2, -0.15) is 5.10 Å². The highest BCUT2D eigenvalue weighted by atomic mass is 16.5. The third kappa shape index (κ3) is 4.12. The van der Waals surface area contributed by atoms with E-state index in [0.29, 0.717) is 6.54 Å². The highest BCUT2D eigenvalue weighted by Crippen LogP contribution is 1.95. The predicted octanol–water partition coefficient (Wildman–Crippen LogP) is -0.560. The summed E-state index contributed by atoms with van der Waals surface area (Å²) in [6.45, 7) is 7.13. The van der Waals surface area contributed by atoms with Crippen molar-refractivity contribution in [1.29, 1.82) is 0 Å². The molecule has 1 saturated heterocycles. The molecule has 0 atom stereocenters. The monoisotopic (exact) mass is 251 g/mol. The molecule has 0 aliphatic carbocycles. The van der Waals surface area contributed by atoms with E-state index in [1.54, 1.807) is 10.9 Å². The first-order chi connectivity index (χ1) is 8.74. The molecule has 1 N–H and O–H groups in total. The number of hydrogen-bond acceptors (Lipinski definition) is 4. The standard InChI is InChI=1S/C12H19N4O2/c1-11-2-4-16(14-11)10-12(17)13-3-5-15-6-8-18-9-7-15/h4H,3,5-10H2,1H3,(H,13,17). The van der Waals surface area contributed by atoms with Crippen molar-refractivity contribution in [1.82, 2.24) is 20.0 Å². The van der Waals surface area contributed by atoms with Crippen LogP contribution in [0.5, 0.6) is 0 Å². The first-order valence-corrected chi connectivity index (χ1v) is 6.22. The molecule has 0 spiro atoms. The fourth-order valence-electron chi connectivity index (χ4n) is 1.88. The third-order valence-electron chi connectivity index (χ3n) is 2.86. The molecule has 6 nitrogen and oxygen atoms in total. The molecule has 0 unspecified atom stereocenters. The summed E-state index contributed by atoms with van der Waals surface area (Å²) in [6.07, 6.45) is 1.69. The largest absolute Gasteiger partial charge is 0.379 e. The van der Waals surface area contributed by atoms with Crippen LogP contribution < -0.4 is 5.32 Å². The Labute approximate surface area is 107 Å². The number of nitrogens with zero attached hydrogens (tertiary/aromatic N) is 3. The van der Waals surface area contributed by atoms with Crippen LogP contribution in [0.4, 0.5) is 0 Å². The van der Waals surface area contributed by atoms with Gasteiger partial charge in [-0.3, -0.25) is 14.4 Å². The fraction of sp³-hybridized carbons (Fsp3) is 0.667. The van der Waals surface area contributed by atoms with Crippen LogP contribution >= 0.6 is 0 Å². The lowest BCUT2D eigenvalue weighted by molar-refractivity contribution is -0.121. The maximum Gasteiger partial charge on any atom is 0.241 e. The summed E-state index contributed by atoms with van der Waals surface area (Å²) < 4.78 is 6.86. The maximum atomic E-state index is 11.6. The zero-order valence-electron chi connectivity index (χ0n) is 10.7. The van der Waals surface area contributed by atoms with Crippen LogP contribution in [0.1, 0.15) is 5.69 Å². The van der Waals surface area contributed by atoms with Gasteiger partial charge >= 0.3 is 0 Å². The lowest BCUT2D eigenvalue weighted by atomic mass is 10.4. The van der Waals surface area contributed by atoms with Crippen LogP contribution in [0.15, 0.2) is 6.20 Å². The summed E-state index contributed by atoms with van der Waals surface area (Å²) in [6, 6.07) is 2.93. The van der Waals surface area contributed by atoms with Crippen molar-refractivity contribution in [3.63, 3.8) is 0 Å². The second-order valence-electron chi connectivity index (χ2n) is 4.36. The van der Waals surface area contributed by atoms with Gasteiger partial charge in [-0.1, -0.05) is 0 Å². The molecular weight excluding hydrogens is 232 g/mol. The number of nitrogens with one attached hydrogen (secondary N) is 1. The zero-order chi connectivity index (χ0) is 12.8. The van der Waals surface area contributed by atoms with E-state index in [9.17, 15) is 4.79 Å². The van der Waals surface area contributed by atoms with Gasteiger partial charge in [0.2, 0.25) is 5.91 Å². The van der Waals surface area contributed by atoms with Crippen molar-refractivity contribution in [3.05, 3.63) is 18.0 Å². The number of hydrogen-bond donors (Lipinski definition) is 1. The second kappa shape index (κ2) is 6.51. The van der Waals surface area contributed by atoms with Crippen LogP contribution in [-0.2, 0) is 16.1 Å². The first kappa shape index (κ1) is 13.0. The SMILES string of the molecule is Cc1[c]cn(CC(=O)NCCN2CCOCC2)n1. The van der Waals surface area contributed by atoms with Crippen molar-refractivity contribution < 1.29 is 9.53 Å². The molecule has 1 aliphatic rings. The van der Waals surface area contributed by atoms with E-state index in [-0.39, 0.29) is 12.5 Å². The van der Waals surface area contributed by atoms with Gasteiger partial charge in [-0.05, 0) is 6.92 Å². The second-order valence-corrected chi connectivity index (χ2v) is 4.36. The van der Waals surface area contributed by atoms with E-state index >= 15 is 0 Å². The van der Waals surface area contributed by atoms with E-state index in [0.717, 1.165) is 38.5 Å². The fourth-order valence-corrected chi connectivity index (χ4v) is 1.88. The van der Waals surface area contributed by atoms with E-state index in [2.05, 4.69) is 21.4 Å². The number of carbonyl (C=O) groups excluding carboxylic acids is 1. The molecule has 2 rings (SSSR count). The molecule has 1 amide bonds. The summed E-state index contributed by atoms with van der Waals surface area (Å²) >= 11 is 0. The summed E-state index contributed by atoms with van der Waals surface area (Å²) in [4.78, 5) is 13.9. The van der Waals surface area contributed by atoms with Crippen LogP contribution in [0.3, 0.4) is 0 Å². The van der Waals surface area contributed by atoms with Crippen LogP contribution in [0.2, 0.25) is 0 Å². The molecule has 1 fully saturated rings. The number of aryl methyl sites for hydroxylation is 1. The maximum absolute atomic E-state index is 11.6. The average molecular weight is 251 g/mol. The summed E-state index contributed by atoms with van der Waals surface area (Å²) in [7, 11) is 0. The van der Waals surface area contributed by atoms with Crippen molar-refractivity contribution in [3.8, 4) is 0 Å². The van der Waals surface area contributed by atoms with E-state index in [1.165, 1.54) is 0 Å². The highest BCUT2D eigenvalue weighted by Gasteiger charge is 2.10. The smallest absolute Gasteiger partial charge is 0.241 e. The van der Waals surface area contributed by atoms with Crippen molar-refractivity contribution in [2.75, 3.05) is 39.4 Å². The van der Waals surface area contributed by atoms with Gasteiger partial charge in [0, 0.05) is 38.4 Å². The van der Waals surface area contributed by atoms with Gasteiger partial charge in [0.05, 0.1) is 18.9 Å². The summed E-state index contributed by atoms with van der Waals surface area (Å²) in [5.74, 6) is -0.0141. The van der Waals surface area contributed by atoms with Crippen LogP contribution in [-0.4, -0.2) is 60.0 Å². The molecule has 0 bridgehead atoms. The molecule has 1 aromatic rings. The first-order valence-electron chi connectivity index (χ1n) is 6.22. The Hall–Kier alpha value is -1.40. The van der Waals surface area contributed by atoms with Crippen LogP contribution in [0.25, 0.3) is 0 Å². The molecule has 1 radical (unpaired) electrons. The molecule has 18 heavy (non-hydrogen) atoms. The number of ether oxygens (including phenoxy) is 1. The van der Waals surface area contributed by atoms with Gasteiger partial charge in [0.25, 0.3) is 0 Å². The minimum Gasteiger partial charge on any atom is -0.379 e. The normalized spacial score (nSPS) is 16.7. The van der Waals surface area contributed by atoms with Crippen molar-refractivity contribution in [2.45, 2.75) is 13.5 Å². The predicted molar refractivity (Wildman–Crippen MR) is 66.1 cm³/mol. The lowest BCUT2D eigenvalue weighted by Crippen LogP contribution is -2.41. The quantitative estimate of drug-likeness (QED) is 0.762. The van der Waals surface area contributed by atoms with Crippen molar-refractivity contribution in [2.24, 2.45) is 0 Å². The van der Waals surface area contributed by atoms with Crippen LogP contribution in [0, 0.1) is 13.0 Å². The number of rotatable bonds is 5. The van der Waals surface area contributed by atoms with Gasteiger partial charge < -0.3 is 10.1 Å². The Morgan fingerprint density at radius 3 is 3.00 bits per heavy atom. The molecule has 99 valence electrons. The molecule has 1 aromatic heterocycles. The average Bonchev–Trinajstić information content (AvgIpc) is 2.76. The Bertz CT molecular complexity index is 385. The van der Waals surface area contributed by atoms with E-state index < -0.39 is 0 Å². The number of carbonyl (C=O) groups is 1. The van der Waals surface area contributed by atoms with Crippen molar-refractivity contribution >= 4 is 5.91 Å². The van der Waals surface area contributed by atoms with Gasteiger partial charge in [-0.15, -0.1) is 0 Å². The summed E-state index contributed by atoms with van der Waals surface area (Å²) in [5.41, 5.74) is 0.802. The Balaban J connectivity index is 1.62. The van der Waals surface area contributed by atoms with Gasteiger partial charge in [0.1, 0.15) is 6.54 Å². The molecular formula is C12H19N4O2. The Kier molecular flexibility index (Phi) is 4.72. The topological polar surface area (TPSA) is 59.4 Å². The third-order valence-corrected chi connectivity index (χ3v) is 2.86. The molecule has 2 heterocycles. The molecule has 1 aliphatic heterocycles. The number of aromatic nitrogens is 2. The molecule has 6 heteroatoms. The summed E-state index contributed by atoms with van der Waals surface area (Å²) in [5, 5.41) is 7.01. The van der Waals surface area contributed by atoms with E-state index in [1.807, 2.05) is 6.92 Å². The van der Waals surface area contributed by atoms with Gasteiger partial charge in [-0.25, -0.2) is 0 Å². The highest BCUT2D eigenvalue weighted by molar-refractivity contribution is 5.75. The van der Waals surface area contributed by atoms with E-state index in [4.69, 9.17) is 4.74 Å². The lowest BCUT2D eigenvalue weighted by Gasteiger charge is -2.26. The van der Waals surface area contributed by atoms with Gasteiger partial charge in [0.15, 0.2) is 0 Å². The number of morpholine rings is 1. The Morgan fingerprint density at radius 2 is 2.33 bits per heavy atom.